The summed E-state index contributed by atoms with van der Waals surface area (Å²) in [5.74, 6) is -0.00799. The fourth-order valence-electron chi connectivity index (χ4n) is 4.73. The maximum Gasteiger partial charge on any atom is 0.245 e. The van der Waals surface area contributed by atoms with Crippen molar-refractivity contribution in [3.05, 3.63) is 54.9 Å². The lowest BCUT2D eigenvalue weighted by atomic mass is 10.1. The molecule has 0 radical (unpaired) electrons. The molecule has 3 aromatic heterocycles. The van der Waals surface area contributed by atoms with E-state index in [1.54, 1.807) is 17.0 Å². The van der Waals surface area contributed by atoms with Gasteiger partial charge in [0.25, 0.3) is 0 Å². The molecule has 1 aliphatic rings. The second-order valence-electron chi connectivity index (χ2n) is 9.71. The first-order chi connectivity index (χ1) is 20.2. The number of sulfonamides is 1. The molecule has 0 unspecified atom stereocenters. The number of piperidine rings is 1. The Morgan fingerprint density at radius 2 is 1.64 bits per heavy atom. The molecule has 1 aromatic carbocycles. The molecule has 4 aromatic rings. The smallest absolute Gasteiger partial charge is 0.245 e. The molecule has 1 fully saturated rings. The van der Waals surface area contributed by atoms with Crippen molar-refractivity contribution in [1.29, 1.82) is 0 Å². The quantitative estimate of drug-likeness (QED) is 0.284. The van der Waals surface area contributed by atoms with Crippen molar-refractivity contribution in [2.24, 2.45) is 0 Å². The number of rotatable bonds is 10. The van der Waals surface area contributed by atoms with Gasteiger partial charge >= 0.3 is 0 Å². The molecule has 2 atom stereocenters. The van der Waals surface area contributed by atoms with Gasteiger partial charge in [-0.15, -0.1) is 10.2 Å². The first-order valence-corrected chi connectivity index (χ1v) is 14.6. The van der Waals surface area contributed by atoms with Crippen molar-refractivity contribution in [1.82, 2.24) is 34.7 Å². The van der Waals surface area contributed by atoms with Crippen molar-refractivity contribution in [2.45, 2.75) is 37.7 Å². The highest BCUT2D eigenvalue weighted by molar-refractivity contribution is 7.93. The second-order valence-corrected chi connectivity index (χ2v) is 11.7. The van der Waals surface area contributed by atoms with Gasteiger partial charge in [-0.3, -0.25) is 9.29 Å². The van der Waals surface area contributed by atoms with Crippen molar-refractivity contribution in [3.63, 3.8) is 0 Å². The number of aromatic nitrogens is 7. The van der Waals surface area contributed by atoms with Gasteiger partial charge in [-0.2, -0.15) is 9.97 Å². The molecular formula is C26H30FN9O5S. The highest BCUT2D eigenvalue weighted by Gasteiger charge is 2.39. The fraction of sp³-hybridized carbons (Fsp3) is 0.385. The first-order valence-electron chi connectivity index (χ1n) is 13.0. The maximum atomic E-state index is 14.0. The molecule has 0 bridgehead atoms. The third-order valence-corrected chi connectivity index (χ3v) is 8.15. The van der Waals surface area contributed by atoms with Crippen LogP contribution in [0.5, 0.6) is 11.8 Å². The van der Waals surface area contributed by atoms with E-state index in [1.165, 1.54) is 25.1 Å². The lowest BCUT2D eigenvalue weighted by Gasteiger charge is -2.37. The van der Waals surface area contributed by atoms with Gasteiger partial charge in [-0.1, -0.05) is 30.3 Å². The van der Waals surface area contributed by atoms with Gasteiger partial charge < -0.3 is 19.1 Å². The van der Waals surface area contributed by atoms with Gasteiger partial charge in [0.15, 0.2) is 17.3 Å². The SMILES string of the molecule is COc1ncnc(OC)c1-n1c(NS(=O)(=O)[C@@H]2C[C@H](OC(C)C)CN(c3ncc(F)cn3)C2)nnc1-c1ccccc1. The van der Waals surface area contributed by atoms with Crippen LogP contribution in [0.2, 0.25) is 0 Å². The average Bonchev–Trinajstić information content (AvgIpc) is 3.39. The number of nitrogens with zero attached hydrogens (tertiary/aromatic N) is 8. The first kappa shape index (κ1) is 29.1. The van der Waals surface area contributed by atoms with E-state index in [9.17, 15) is 12.8 Å². The topological polar surface area (TPSA) is 159 Å². The molecule has 1 saturated heterocycles. The van der Waals surface area contributed by atoms with Crippen molar-refractivity contribution < 1.29 is 27.0 Å². The number of hydrogen-bond donors (Lipinski definition) is 1. The standard InChI is InChI=1S/C26H30FN9O5S/c1-16(2)41-19-10-20(14-35(13-19)25-28-11-18(27)12-29-25)42(37,38)34-26-33-32-22(17-8-6-5-7-9-17)36(26)21-23(39-3)30-15-31-24(21)40-4/h5-9,11-12,15-16,19-20H,10,13-14H2,1-4H3,(H,33,34)/t19-,20+/m0/s1. The highest BCUT2D eigenvalue weighted by Crippen LogP contribution is 2.35. The van der Waals surface area contributed by atoms with Crippen molar-refractivity contribution in [3.8, 4) is 28.8 Å². The fourth-order valence-corrected chi connectivity index (χ4v) is 6.13. The summed E-state index contributed by atoms with van der Waals surface area (Å²) in [5, 5.41) is 7.51. The Labute approximate surface area is 242 Å². The van der Waals surface area contributed by atoms with E-state index >= 15 is 0 Å². The summed E-state index contributed by atoms with van der Waals surface area (Å²) >= 11 is 0. The van der Waals surface area contributed by atoms with Crippen LogP contribution in [0.1, 0.15) is 20.3 Å². The zero-order valence-corrected chi connectivity index (χ0v) is 24.2. The van der Waals surface area contributed by atoms with Gasteiger partial charge in [0.1, 0.15) is 11.6 Å². The molecule has 222 valence electrons. The Morgan fingerprint density at radius 1 is 0.976 bits per heavy atom. The van der Waals surface area contributed by atoms with Gasteiger partial charge in [0.2, 0.25) is 33.7 Å². The Bertz CT molecular complexity index is 1600. The van der Waals surface area contributed by atoms with E-state index in [4.69, 9.17) is 14.2 Å². The normalized spacial score (nSPS) is 17.3. The molecule has 0 spiro atoms. The zero-order valence-electron chi connectivity index (χ0n) is 23.4. The maximum absolute atomic E-state index is 14.0. The summed E-state index contributed by atoms with van der Waals surface area (Å²) in [6.45, 7) is 4.09. The molecular weight excluding hydrogens is 569 g/mol. The summed E-state index contributed by atoms with van der Waals surface area (Å²) in [6, 6.07) is 9.08. The van der Waals surface area contributed by atoms with E-state index in [0.717, 1.165) is 12.4 Å². The van der Waals surface area contributed by atoms with E-state index in [0.29, 0.717) is 17.9 Å². The van der Waals surface area contributed by atoms with Crippen LogP contribution < -0.4 is 19.1 Å². The van der Waals surface area contributed by atoms with Gasteiger partial charge in [0.05, 0.1) is 38.8 Å². The average molecular weight is 600 g/mol. The number of nitrogens with one attached hydrogen (secondary N) is 1. The molecule has 14 nitrogen and oxygen atoms in total. The largest absolute Gasteiger partial charge is 0.479 e. The predicted molar refractivity (Wildman–Crippen MR) is 151 cm³/mol. The number of methoxy groups -OCH3 is 2. The number of halogens is 1. The number of anilines is 2. The molecule has 5 rings (SSSR count). The van der Waals surface area contributed by atoms with Crippen LogP contribution in [-0.4, -0.2) is 87.9 Å². The van der Waals surface area contributed by atoms with Crippen LogP contribution >= 0.6 is 0 Å². The van der Waals surface area contributed by atoms with Gasteiger partial charge in [-0.25, -0.2) is 22.8 Å². The Morgan fingerprint density at radius 3 is 2.26 bits per heavy atom. The van der Waals surface area contributed by atoms with Crippen LogP contribution in [0.25, 0.3) is 17.1 Å². The lowest BCUT2D eigenvalue weighted by molar-refractivity contribution is 0.00147. The summed E-state index contributed by atoms with van der Waals surface area (Å²) in [5.41, 5.74) is 0.848. The number of hydrogen-bond acceptors (Lipinski definition) is 12. The lowest BCUT2D eigenvalue weighted by Crippen LogP contribution is -2.51. The molecule has 42 heavy (non-hydrogen) atoms. The van der Waals surface area contributed by atoms with E-state index in [2.05, 4.69) is 34.9 Å². The summed E-state index contributed by atoms with van der Waals surface area (Å²) in [4.78, 5) is 18.1. The second kappa shape index (κ2) is 12.2. The van der Waals surface area contributed by atoms with Crippen LogP contribution in [0, 0.1) is 5.82 Å². The third-order valence-electron chi connectivity index (χ3n) is 6.46. The Kier molecular flexibility index (Phi) is 8.44. The van der Waals surface area contributed by atoms with Crippen LogP contribution in [0.4, 0.5) is 16.3 Å². The van der Waals surface area contributed by atoms with E-state index in [1.807, 2.05) is 32.0 Å². The Hall–Kier alpha value is -4.44. The monoisotopic (exact) mass is 599 g/mol. The van der Waals surface area contributed by atoms with Gasteiger partial charge in [0, 0.05) is 18.7 Å². The van der Waals surface area contributed by atoms with Gasteiger partial charge in [-0.05, 0) is 20.3 Å². The van der Waals surface area contributed by atoms with Crippen molar-refractivity contribution in [2.75, 3.05) is 36.9 Å². The molecule has 0 amide bonds. The van der Waals surface area contributed by atoms with Crippen molar-refractivity contribution >= 4 is 21.9 Å². The minimum atomic E-state index is -4.14. The minimum absolute atomic E-state index is 0.0275. The highest BCUT2D eigenvalue weighted by atomic mass is 32.2. The number of benzene rings is 1. The summed E-state index contributed by atoms with van der Waals surface area (Å²) in [7, 11) is -1.30. The van der Waals surface area contributed by atoms with E-state index < -0.39 is 27.2 Å². The van der Waals surface area contributed by atoms with Crippen LogP contribution in [0.15, 0.2) is 49.1 Å². The molecule has 0 saturated carbocycles. The Balaban J connectivity index is 1.56. The molecule has 16 heteroatoms. The summed E-state index contributed by atoms with van der Waals surface area (Å²) in [6.07, 6.45) is 2.90. The molecule has 4 heterocycles. The molecule has 1 aliphatic heterocycles. The minimum Gasteiger partial charge on any atom is -0.479 e. The molecule has 1 N–H and O–H groups in total. The zero-order chi connectivity index (χ0) is 29.9. The van der Waals surface area contributed by atoms with E-state index in [-0.39, 0.29) is 48.4 Å². The number of ether oxygens (including phenoxy) is 3. The predicted octanol–water partition coefficient (Wildman–Crippen LogP) is 2.48. The summed E-state index contributed by atoms with van der Waals surface area (Å²) < 4.78 is 62.5. The van der Waals surface area contributed by atoms with Crippen LogP contribution in [-0.2, 0) is 14.8 Å². The third kappa shape index (κ3) is 6.08. The van der Waals surface area contributed by atoms with Crippen LogP contribution in [0.3, 0.4) is 0 Å². The molecule has 0 aliphatic carbocycles.